The molecule has 2 saturated heterocycles. The summed E-state index contributed by atoms with van der Waals surface area (Å²) in [5.41, 5.74) is 1.85. The van der Waals surface area contributed by atoms with Gasteiger partial charge in [0.1, 0.15) is 17.0 Å². The lowest BCUT2D eigenvalue weighted by Gasteiger charge is -2.48. The number of amides is 2. The highest BCUT2D eigenvalue weighted by Gasteiger charge is 2.42. The molecular formula is C30H43N5O3. The number of carbonyl (C=O) groups is 2. The zero-order chi connectivity index (χ0) is 26.1. The number of hydrogen-bond acceptors (Lipinski definition) is 5. The smallest absolute Gasteiger partial charge is 0.274 e. The van der Waals surface area contributed by atoms with Gasteiger partial charge in [0.2, 0.25) is 0 Å². The lowest BCUT2D eigenvalue weighted by Crippen LogP contribution is -2.50. The highest BCUT2D eigenvalue weighted by Crippen LogP contribution is 2.51. The molecule has 0 radical (unpaired) electrons. The van der Waals surface area contributed by atoms with Gasteiger partial charge in [0.15, 0.2) is 0 Å². The van der Waals surface area contributed by atoms with Crippen LogP contribution >= 0.6 is 0 Å². The summed E-state index contributed by atoms with van der Waals surface area (Å²) in [6.45, 7) is 8.10. The van der Waals surface area contributed by atoms with Crippen LogP contribution in [0, 0.1) is 17.3 Å². The Hall–Kier alpha value is -2.45. The minimum absolute atomic E-state index is 0.0413. The molecule has 2 amide bonds. The number of likely N-dealkylation sites (tertiary alicyclic amines) is 1. The molecule has 4 fully saturated rings. The number of morpholine rings is 1. The van der Waals surface area contributed by atoms with Gasteiger partial charge in [-0.1, -0.05) is 32.3 Å². The summed E-state index contributed by atoms with van der Waals surface area (Å²) in [4.78, 5) is 35.8. The topological polar surface area (TPSA) is 79.2 Å². The largest absolute Gasteiger partial charge is 0.379 e. The van der Waals surface area contributed by atoms with Crippen LogP contribution in [0.4, 0.5) is 0 Å². The Morgan fingerprint density at radius 2 is 1.92 bits per heavy atom. The molecule has 3 unspecified atom stereocenters. The first-order valence-electron chi connectivity index (χ1n) is 14.9. The number of fused-ring (bicyclic) bond motifs is 3. The van der Waals surface area contributed by atoms with E-state index in [1.807, 2.05) is 23.1 Å². The zero-order valence-corrected chi connectivity index (χ0v) is 22.9. The quantitative estimate of drug-likeness (QED) is 0.622. The Labute approximate surface area is 226 Å². The van der Waals surface area contributed by atoms with Gasteiger partial charge in [0, 0.05) is 45.0 Å². The van der Waals surface area contributed by atoms with Gasteiger partial charge in [-0.3, -0.25) is 18.9 Å². The third-order valence-corrected chi connectivity index (χ3v) is 9.89. The second-order valence-corrected chi connectivity index (χ2v) is 12.3. The summed E-state index contributed by atoms with van der Waals surface area (Å²) in [6.07, 6.45) is 12.6. The molecule has 2 aromatic rings. The highest BCUT2D eigenvalue weighted by atomic mass is 16.5. The molecule has 2 aliphatic heterocycles. The van der Waals surface area contributed by atoms with Crippen molar-refractivity contribution in [2.75, 3.05) is 45.9 Å². The summed E-state index contributed by atoms with van der Waals surface area (Å²) in [6, 6.07) is 6.09. The number of nitrogens with one attached hydrogen (secondary N) is 1. The Morgan fingerprint density at radius 1 is 1.11 bits per heavy atom. The number of hydrogen-bond donors (Lipinski definition) is 1. The minimum atomic E-state index is -0.0755. The Kier molecular flexibility index (Phi) is 7.45. The van der Waals surface area contributed by atoms with E-state index in [2.05, 4.69) is 22.1 Å². The minimum Gasteiger partial charge on any atom is -0.379 e. The summed E-state index contributed by atoms with van der Waals surface area (Å²) in [7, 11) is 0. The molecule has 8 heteroatoms. The second kappa shape index (κ2) is 11.0. The van der Waals surface area contributed by atoms with Crippen molar-refractivity contribution in [2.45, 2.75) is 70.8 Å². The normalized spacial score (nSPS) is 28.9. The maximum atomic E-state index is 13.4. The van der Waals surface area contributed by atoms with Gasteiger partial charge >= 0.3 is 0 Å². The molecule has 3 atom stereocenters. The van der Waals surface area contributed by atoms with Crippen LogP contribution in [0.15, 0.2) is 24.4 Å². The molecule has 8 nitrogen and oxygen atoms in total. The van der Waals surface area contributed by atoms with Gasteiger partial charge in [-0.2, -0.15) is 0 Å². The van der Waals surface area contributed by atoms with Gasteiger partial charge in [0.25, 0.3) is 11.8 Å². The second-order valence-electron chi connectivity index (χ2n) is 12.3. The average molecular weight is 522 g/mol. The van der Waals surface area contributed by atoms with E-state index in [1.165, 1.54) is 44.9 Å². The highest BCUT2D eigenvalue weighted by molar-refractivity contribution is 5.95. The van der Waals surface area contributed by atoms with Crippen LogP contribution in [-0.2, 0) is 4.74 Å². The van der Waals surface area contributed by atoms with Gasteiger partial charge < -0.3 is 15.0 Å². The number of ether oxygens (including phenoxy) is 1. The van der Waals surface area contributed by atoms with Crippen LogP contribution in [-0.4, -0.2) is 83.0 Å². The number of rotatable bonds is 6. The molecule has 4 heterocycles. The molecule has 206 valence electrons. The Bertz CT molecular complexity index is 1150. The van der Waals surface area contributed by atoms with Crippen LogP contribution in [0.2, 0.25) is 0 Å². The van der Waals surface area contributed by atoms with Crippen molar-refractivity contribution < 1.29 is 14.3 Å². The van der Waals surface area contributed by atoms with Gasteiger partial charge in [0.05, 0.1) is 13.2 Å². The lowest BCUT2D eigenvalue weighted by molar-refractivity contribution is 0.00153. The zero-order valence-electron chi connectivity index (χ0n) is 22.9. The fraction of sp³-hybridized carbons (Fsp3) is 0.700. The SMILES string of the molecule is CCC1CC2CCCC(CNC(=O)c3cccc4nc(C(=O)N5CCC(N6CCOCC6)CC5)cn34)(C1)C2. The maximum Gasteiger partial charge on any atom is 0.274 e. The molecule has 2 aromatic heterocycles. The fourth-order valence-corrected chi connectivity index (χ4v) is 7.88. The first kappa shape index (κ1) is 25.8. The van der Waals surface area contributed by atoms with Crippen LogP contribution in [0.3, 0.4) is 0 Å². The van der Waals surface area contributed by atoms with Crippen molar-refractivity contribution in [1.82, 2.24) is 24.5 Å². The van der Waals surface area contributed by atoms with Gasteiger partial charge in [-0.25, -0.2) is 4.98 Å². The van der Waals surface area contributed by atoms with Crippen molar-refractivity contribution in [3.8, 4) is 0 Å². The first-order valence-corrected chi connectivity index (χ1v) is 14.9. The van der Waals surface area contributed by atoms with E-state index < -0.39 is 0 Å². The Balaban J connectivity index is 1.11. The van der Waals surface area contributed by atoms with Gasteiger partial charge in [-0.05, 0) is 67.9 Å². The van der Waals surface area contributed by atoms with Crippen LogP contribution in [0.25, 0.3) is 5.65 Å². The number of pyridine rings is 1. The molecule has 6 rings (SSSR count). The molecule has 4 aliphatic rings. The van der Waals surface area contributed by atoms with E-state index in [1.54, 1.807) is 10.6 Å². The van der Waals surface area contributed by atoms with E-state index in [0.29, 0.717) is 23.1 Å². The molecule has 38 heavy (non-hydrogen) atoms. The summed E-state index contributed by atoms with van der Waals surface area (Å²) in [5, 5.41) is 3.29. The third kappa shape index (κ3) is 5.22. The average Bonchev–Trinajstić information content (AvgIpc) is 3.40. The molecule has 0 aromatic carbocycles. The number of piperidine rings is 1. The monoisotopic (exact) mass is 521 g/mol. The maximum absolute atomic E-state index is 13.4. The number of carbonyl (C=O) groups excluding carboxylic acids is 2. The third-order valence-electron chi connectivity index (χ3n) is 9.89. The first-order chi connectivity index (χ1) is 18.5. The van der Waals surface area contributed by atoms with E-state index in [-0.39, 0.29) is 17.2 Å². The Morgan fingerprint density at radius 3 is 2.71 bits per heavy atom. The van der Waals surface area contributed by atoms with E-state index in [9.17, 15) is 9.59 Å². The van der Waals surface area contributed by atoms with E-state index >= 15 is 0 Å². The number of imidazole rings is 1. The molecule has 2 aliphatic carbocycles. The predicted molar refractivity (Wildman–Crippen MR) is 146 cm³/mol. The molecule has 2 saturated carbocycles. The standard InChI is InChI=1S/C30H43N5O3/c1-2-22-17-23-5-4-10-30(18-22,19-23)21-31-28(36)26-6-3-7-27-32-25(20-35(26)27)29(37)34-11-8-24(9-12-34)33-13-15-38-16-14-33/h3,6-7,20,22-24H,2,4-5,8-19,21H2,1H3,(H,31,36). The molecule has 1 N–H and O–H groups in total. The van der Waals surface area contributed by atoms with Crippen molar-refractivity contribution >= 4 is 17.5 Å². The molecule has 0 spiro atoms. The van der Waals surface area contributed by atoms with Crippen molar-refractivity contribution in [3.05, 3.63) is 35.8 Å². The number of nitrogens with zero attached hydrogens (tertiary/aromatic N) is 4. The van der Waals surface area contributed by atoms with Crippen LogP contribution in [0.1, 0.15) is 85.7 Å². The van der Waals surface area contributed by atoms with Gasteiger partial charge in [-0.15, -0.1) is 0 Å². The summed E-state index contributed by atoms with van der Waals surface area (Å²) < 4.78 is 7.28. The summed E-state index contributed by atoms with van der Waals surface area (Å²) in [5.74, 6) is 1.49. The number of aromatic nitrogens is 2. The van der Waals surface area contributed by atoms with Crippen molar-refractivity contribution in [1.29, 1.82) is 0 Å². The molecular weight excluding hydrogens is 478 g/mol. The molecule has 2 bridgehead atoms. The summed E-state index contributed by atoms with van der Waals surface area (Å²) >= 11 is 0. The van der Waals surface area contributed by atoms with Crippen LogP contribution in [0.5, 0.6) is 0 Å². The predicted octanol–water partition coefficient (Wildman–Crippen LogP) is 4.00. The fourth-order valence-electron chi connectivity index (χ4n) is 7.88. The van der Waals surface area contributed by atoms with E-state index in [4.69, 9.17) is 4.74 Å². The lowest BCUT2D eigenvalue weighted by atomic mass is 9.58. The van der Waals surface area contributed by atoms with E-state index in [0.717, 1.165) is 70.6 Å². The van der Waals surface area contributed by atoms with Crippen molar-refractivity contribution in [3.63, 3.8) is 0 Å². The van der Waals surface area contributed by atoms with Crippen LogP contribution < -0.4 is 5.32 Å². The van der Waals surface area contributed by atoms with Crippen molar-refractivity contribution in [2.24, 2.45) is 17.3 Å².